The van der Waals surface area contributed by atoms with Crippen LogP contribution in [0.2, 0.25) is 0 Å². The molecule has 0 aliphatic carbocycles. The zero-order valence-electron chi connectivity index (χ0n) is 3.96. The number of H-pyrrole nitrogens is 1. The van der Waals surface area contributed by atoms with E-state index in [1.54, 1.807) is 6.20 Å². The molecule has 2 heterocycles. The predicted molar refractivity (Wildman–Crippen MR) is 30.9 cm³/mol. The van der Waals surface area contributed by atoms with Crippen LogP contribution in [-0.2, 0) is 0 Å². The molecule has 2 rings (SSSR count). The fraction of sp³-hybridized carbons (Fsp3) is 0. The Labute approximate surface area is 49.9 Å². The fourth-order valence-corrected chi connectivity index (χ4v) is 1.14. The first-order valence-electron chi connectivity index (χ1n) is 2.21. The molecule has 8 heavy (non-hydrogen) atoms. The van der Waals surface area contributed by atoms with Crippen molar-refractivity contribution in [3.05, 3.63) is 12.3 Å². The van der Waals surface area contributed by atoms with Crippen molar-refractivity contribution in [2.45, 2.75) is 0 Å². The highest BCUT2D eigenvalue weighted by molar-refractivity contribution is 7.09. The summed E-state index contributed by atoms with van der Waals surface area (Å²) < 4.78 is 2.75. The number of fused-ring (bicyclic) bond motifs is 1. The van der Waals surface area contributed by atoms with Crippen molar-refractivity contribution in [3.63, 3.8) is 0 Å². The van der Waals surface area contributed by atoms with Crippen molar-refractivity contribution < 1.29 is 0 Å². The third-order valence-electron chi connectivity index (χ3n) is 0.950. The Morgan fingerprint density at radius 2 is 2.62 bits per heavy atom. The highest BCUT2D eigenvalue weighted by Crippen LogP contribution is 2.19. The molecule has 0 fully saturated rings. The highest BCUT2D eigenvalue weighted by atomic mass is 32.1. The van der Waals surface area contributed by atoms with Gasteiger partial charge in [0, 0.05) is 6.20 Å². The number of hydrogen-bond acceptors (Lipinski definition) is 3. The standard InChI is InChI=1S/C4H3N3S/c1-2-5-4-3(1)8-7-6-4/h1-2,7H. The molecule has 0 radical (unpaired) electrons. The van der Waals surface area contributed by atoms with Gasteiger partial charge >= 0.3 is 0 Å². The maximum absolute atomic E-state index is 3.95. The lowest BCUT2D eigenvalue weighted by atomic mass is 10.5. The van der Waals surface area contributed by atoms with Crippen LogP contribution in [-0.4, -0.2) is 14.6 Å². The van der Waals surface area contributed by atoms with Gasteiger partial charge in [0.2, 0.25) is 0 Å². The summed E-state index contributed by atoms with van der Waals surface area (Å²) in [6, 6.07) is 1.93. The minimum atomic E-state index is 0.815. The molecule has 0 amide bonds. The van der Waals surface area contributed by atoms with Crippen LogP contribution in [0.25, 0.3) is 10.7 Å². The largest absolute Gasteiger partial charge is 0.234 e. The van der Waals surface area contributed by atoms with Crippen molar-refractivity contribution in [2.75, 3.05) is 0 Å². The molecule has 0 aromatic carbocycles. The van der Waals surface area contributed by atoms with E-state index in [-0.39, 0.29) is 0 Å². The molecule has 0 saturated heterocycles. The fourth-order valence-electron chi connectivity index (χ4n) is 0.593. The highest BCUT2D eigenvalue weighted by Gasteiger charge is 2.03. The average molecular weight is 125 g/mol. The van der Waals surface area contributed by atoms with Gasteiger partial charge in [-0.3, -0.25) is 0 Å². The Balaban J connectivity index is 2.84. The van der Waals surface area contributed by atoms with Crippen LogP contribution >= 0.6 is 11.5 Å². The van der Waals surface area contributed by atoms with E-state index in [0.29, 0.717) is 0 Å². The summed E-state index contributed by atoms with van der Waals surface area (Å²) in [5.74, 6) is 0.815. The average Bonchev–Trinajstić information content (AvgIpc) is 2.15. The molecule has 3 nitrogen and oxygen atoms in total. The first-order chi connectivity index (χ1) is 3.97. The lowest BCUT2D eigenvalue weighted by Gasteiger charge is -1.70. The van der Waals surface area contributed by atoms with Crippen LogP contribution in [0.3, 0.4) is 0 Å². The van der Waals surface area contributed by atoms with E-state index in [1.165, 1.54) is 11.5 Å². The smallest absolute Gasteiger partial charge is 0.191 e. The molecule has 4 heteroatoms. The van der Waals surface area contributed by atoms with Crippen LogP contribution in [0.1, 0.15) is 0 Å². The maximum Gasteiger partial charge on any atom is 0.191 e. The number of aromatic amines is 1. The number of hydrogen-bond donors (Lipinski definition) is 1. The van der Waals surface area contributed by atoms with Crippen LogP contribution in [0.15, 0.2) is 12.3 Å². The van der Waals surface area contributed by atoms with Gasteiger partial charge in [0.15, 0.2) is 5.82 Å². The Hall–Kier alpha value is -0.900. The summed E-state index contributed by atoms with van der Waals surface area (Å²) in [5, 5.41) is 3.86. The van der Waals surface area contributed by atoms with Gasteiger partial charge in [0.05, 0.1) is 4.88 Å². The zero-order valence-corrected chi connectivity index (χ0v) is 4.77. The first kappa shape index (κ1) is 4.03. The molecule has 1 N–H and O–H groups in total. The van der Waals surface area contributed by atoms with E-state index in [0.717, 1.165) is 10.7 Å². The Bertz CT molecular complexity index is 203. The van der Waals surface area contributed by atoms with Crippen LogP contribution < -0.4 is 0 Å². The molecule has 0 atom stereocenters. The number of nitrogens with one attached hydrogen (secondary N) is 1. The summed E-state index contributed by atoms with van der Waals surface area (Å²) in [4.78, 5) is 5.06. The molecular formula is C4H3N3S. The SMILES string of the molecule is c1cc2s[nH]nc-2n1. The van der Waals surface area contributed by atoms with Crippen molar-refractivity contribution in [1.29, 1.82) is 0 Å². The monoisotopic (exact) mass is 125 g/mol. The molecule has 2 aliphatic rings. The molecule has 0 aromatic heterocycles. The summed E-state index contributed by atoms with van der Waals surface area (Å²) in [6.07, 6.45) is 1.75. The molecule has 0 aromatic rings. The maximum atomic E-state index is 3.95. The predicted octanol–water partition coefficient (Wildman–Crippen LogP) is 0.971. The first-order valence-corrected chi connectivity index (χ1v) is 3.03. The number of nitrogens with zero attached hydrogens (tertiary/aromatic N) is 2. The van der Waals surface area contributed by atoms with Crippen LogP contribution in [0, 0.1) is 0 Å². The van der Waals surface area contributed by atoms with E-state index in [2.05, 4.69) is 14.6 Å². The van der Waals surface area contributed by atoms with Gasteiger partial charge in [0.25, 0.3) is 0 Å². The zero-order chi connectivity index (χ0) is 5.40. The van der Waals surface area contributed by atoms with E-state index < -0.39 is 0 Å². The Kier molecular flexibility index (Phi) is 0.648. The van der Waals surface area contributed by atoms with Crippen LogP contribution in [0.5, 0.6) is 0 Å². The van der Waals surface area contributed by atoms with Gasteiger partial charge in [0.1, 0.15) is 0 Å². The van der Waals surface area contributed by atoms with Gasteiger partial charge < -0.3 is 0 Å². The topological polar surface area (TPSA) is 41.6 Å². The van der Waals surface area contributed by atoms with E-state index in [9.17, 15) is 0 Å². The summed E-state index contributed by atoms with van der Waals surface area (Å²) in [5.41, 5.74) is 0. The Morgan fingerprint density at radius 3 is 3.50 bits per heavy atom. The van der Waals surface area contributed by atoms with E-state index in [4.69, 9.17) is 0 Å². The number of aromatic nitrogens is 3. The van der Waals surface area contributed by atoms with Gasteiger partial charge in [-0.2, -0.15) is 0 Å². The lowest BCUT2D eigenvalue weighted by Crippen LogP contribution is -1.68. The van der Waals surface area contributed by atoms with Crippen molar-refractivity contribution in [2.24, 2.45) is 0 Å². The molecule has 0 saturated carbocycles. The molecule has 40 valence electrons. The quantitative estimate of drug-likeness (QED) is 0.570. The molecule has 0 bridgehead atoms. The molecular weight excluding hydrogens is 122 g/mol. The molecule has 2 aliphatic heterocycles. The van der Waals surface area contributed by atoms with Crippen LogP contribution in [0.4, 0.5) is 0 Å². The third-order valence-corrected chi connectivity index (χ3v) is 1.67. The summed E-state index contributed by atoms with van der Waals surface area (Å²) in [7, 11) is 0. The summed E-state index contributed by atoms with van der Waals surface area (Å²) in [6.45, 7) is 0. The summed E-state index contributed by atoms with van der Waals surface area (Å²) >= 11 is 1.50. The van der Waals surface area contributed by atoms with E-state index >= 15 is 0 Å². The van der Waals surface area contributed by atoms with Gasteiger partial charge in [-0.05, 0) is 17.6 Å². The van der Waals surface area contributed by atoms with Gasteiger partial charge in [-0.15, -0.1) is 5.10 Å². The second-order valence-electron chi connectivity index (χ2n) is 1.44. The minimum Gasteiger partial charge on any atom is -0.234 e. The lowest BCUT2D eigenvalue weighted by molar-refractivity contribution is 1.12. The van der Waals surface area contributed by atoms with Crippen molar-refractivity contribution in [3.8, 4) is 10.7 Å². The minimum absolute atomic E-state index is 0.815. The Morgan fingerprint density at radius 1 is 1.62 bits per heavy atom. The van der Waals surface area contributed by atoms with Crippen molar-refractivity contribution >= 4 is 11.5 Å². The van der Waals surface area contributed by atoms with Gasteiger partial charge in [-0.25, -0.2) is 9.47 Å². The molecule has 0 spiro atoms. The van der Waals surface area contributed by atoms with Gasteiger partial charge in [-0.1, -0.05) is 0 Å². The normalized spacial score (nSPS) is 10.5. The second kappa shape index (κ2) is 1.29. The second-order valence-corrected chi connectivity index (χ2v) is 2.26. The van der Waals surface area contributed by atoms with Crippen molar-refractivity contribution in [1.82, 2.24) is 14.6 Å². The number of rotatable bonds is 0. The third kappa shape index (κ3) is 0.376. The molecule has 0 unspecified atom stereocenters. The van der Waals surface area contributed by atoms with E-state index in [1.807, 2.05) is 6.07 Å².